The van der Waals surface area contributed by atoms with Crippen molar-refractivity contribution in [1.29, 1.82) is 0 Å². The van der Waals surface area contributed by atoms with Gasteiger partial charge in [-0.25, -0.2) is 9.59 Å². The lowest BCUT2D eigenvalue weighted by molar-refractivity contribution is -0.115. The number of amides is 2. The lowest BCUT2D eigenvalue weighted by atomic mass is 10.0. The number of aromatic carboxylic acids is 1. The first-order valence-corrected chi connectivity index (χ1v) is 12.3. The largest absolute Gasteiger partial charge is 0.478 e. The van der Waals surface area contributed by atoms with Crippen molar-refractivity contribution in [1.82, 2.24) is 0 Å². The maximum Gasteiger partial charge on any atom is 0.337 e. The van der Waals surface area contributed by atoms with Gasteiger partial charge in [-0.1, -0.05) is 60.7 Å². The topological polar surface area (TPSA) is 122 Å². The van der Waals surface area contributed by atoms with Gasteiger partial charge >= 0.3 is 11.9 Å². The van der Waals surface area contributed by atoms with Crippen molar-refractivity contribution >= 4 is 47.3 Å². The van der Waals surface area contributed by atoms with E-state index in [1.807, 2.05) is 36.4 Å². The van der Waals surface area contributed by atoms with E-state index in [1.165, 1.54) is 13.2 Å². The van der Waals surface area contributed by atoms with Crippen LogP contribution in [0.2, 0.25) is 0 Å². The minimum Gasteiger partial charge on any atom is -0.478 e. The van der Waals surface area contributed by atoms with Gasteiger partial charge < -0.3 is 20.5 Å². The summed E-state index contributed by atoms with van der Waals surface area (Å²) in [7, 11) is 1.30. The first kappa shape index (κ1) is 27.5. The fourth-order valence-electron chi connectivity index (χ4n) is 3.89. The molecule has 8 heteroatoms. The van der Waals surface area contributed by atoms with Crippen molar-refractivity contribution in [3.8, 4) is 0 Å². The number of hydrogen-bond acceptors (Lipinski definition) is 5. The first-order chi connectivity index (χ1) is 19.3. The number of benzene rings is 4. The summed E-state index contributed by atoms with van der Waals surface area (Å²) in [5.74, 6) is -2.24. The van der Waals surface area contributed by atoms with Crippen LogP contribution in [0.15, 0.2) is 97.1 Å². The molecule has 0 saturated heterocycles. The van der Waals surface area contributed by atoms with Gasteiger partial charge in [0, 0.05) is 16.9 Å². The molecule has 4 aromatic rings. The van der Waals surface area contributed by atoms with E-state index in [9.17, 15) is 24.3 Å². The third-order valence-electron chi connectivity index (χ3n) is 5.97. The molecule has 2 amide bonds. The van der Waals surface area contributed by atoms with Crippen LogP contribution >= 0.6 is 0 Å². The molecule has 0 heterocycles. The molecule has 0 atom stereocenters. The quantitative estimate of drug-likeness (QED) is 0.185. The number of carbonyl (C=O) groups excluding carboxylic acids is 3. The van der Waals surface area contributed by atoms with E-state index >= 15 is 0 Å². The van der Waals surface area contributed by atoms with E-state index in [4.69, 9.17) is 0 Å². The van der Waals surface area contributed by atoms with Crippen LogP contribution in [0.5, 0.6) is 0 Å². The van der Waals surface area contributed by atoms with Crippen LogP contribution in [-0.4, -0.2) is 36.0 Å². The van der Waals surface area contributed by atoms with E-state index in [1.54, 1.807) is 66.7 Å². The zero-order chi connectivity index (χ0) is 28.5. The number of nitrogens with one attached hydrogen (secondary N) is 2. The van der Waals surface area contributed by atoms with Gasteiger partial charge in [0.25, 0.3) is 5.91 Å². The number of carbonyl (C=O) groups is 4. The summed E-state index contributed by atoms with van der Waals surface area (Å²) in [6.07, 6.45) is 3.64. The molecule has 0 bridgehead atoms. The predicted octanol–water partition coefficient (Wildman–Crippen LogP) is 5.78. The predicted molar refractivity (Wildman–Crippen MR) is 153 cm³/mol. The number of ether oxygens (including phenoxy) is 1. The van der Waals surface area contributed by atoms with Crippen molar-refractivity contribution in [3.63, 3.8) is 0 Å². The average molecular weight is 535 g/mol. The summed E-state index contributed by atoms with van der Waals surface area (Å²) < 4.78 is 4.67. The van der Waals surface area contributed by atoms with Crippen LogP contribution in [0.4, 0.5) is 11.4 Å². The summed E-state index contributed by atoms with van der Waals surface area (Å²) in [5, 5.41) is 15.2. The van der Waals surface area contributed by atoms with Crippen LogP contribution in [0.25, 0.3) is 12.2 Å². The Morgan fingerprint density at radius 2 is 1.40 bits per heavy atom. The molecule has 4 rings (SSSR count). The van der Waals surface area contributed by atoms with Crippen LogP contribution < -0.4 is 10.6 Å². The smallest absolute Gasteiger partial charge is 0.337 e. The highest BCUT2D eigenvalue weighted by molar-refractivity contribution is 6.05. The summed E-state index contributed by atoms with van der Waals surface area (Å²) in [6.45, 7) is 0. The van der Waals surface area contributed by atoms with Gasteiger partial charge in [0.05, 0.1) is 24.7 Å². The fraction of sp³-hybridized carbons (Fsp3) is 0.0625. The highest BCUT2D eigenvalue weighted by atomic mass is 16.5. The standard InChI is InChI=1S/C32H26N2O6/c1-40-32(39)25-11-8-22(9-12-25)19-29(35)33-26-16-14-24(15-17-26)30(36)34-27-18-13-23(28(20-27)31(37)38)10-7-21-5-3-2-4-6-21/h2-18,20H,19H2,1H3,(H,33,35)(H,34,36)(H,37,38). The summed E-state index contributed by atoms with van der Waals surface area (Å²) in [4.78, 5) is 48.6. The van der Waals surface area contributed by atoms with Crippen molar-refractivity contribution in [3.05, 3.63) is 130 Å². The number of methoxy groups -OCH3 is 1. The van der Waals surface area contributed by atoms with Crippen LogP contribution in [0.1, 0.15) is 47.8 Å². The SMILES string of the molecule is COC(=O)c1ccc(CC(=O)Nc2ccc(C(=O)Nc3ccc(C=Cc4ccccc4)c(C(=O)O)c3)cc2)cc1. The van der Waals surface area contributed by atoms with Gasteiger partial charge in [-0.2, -0.15) is 0 Å². The molecule has 0 aromatic heterocycles. The molecule has 8 nitrogen and oxygen atoms in total. The van der Waals surface area contributed by atoms with E-state index in [-0.39, 0.29) is 17.9 Å². The molecule has 4 aromatic carbocycles. The monoisotopic (exact) mass is 534 g/mol. The minimum absolute atomic E-state index is 0.0583. The summed E-state index contributed by atoms with van der Waals surface area (Å²) >= 11 is 0. The minimum atomic E-state index is -1.11. The average Bonchev–Trinajstić information content (AvgIpc) is 2.97. The van der Waals surface area contributed by atoms with Crippen LogP contribution in [0.3, 0.4) is 0 Å². The molecule has 0 spiro atoms. The van der Waals surface area contributed by atoms with Gasteiger partial charge in [-0.15, -0.1) is 0 Å². The highest BCUT2D eigenvalue weighted by Crippen LogP contribution is 2.20. The maximum atomic E-state index is 12.8. The normalized spacial score (nSPS) is 10.6. The maximum absolute atomic E-state index is 12.8. The second-order valence-electron chi connectivity index (χ2n) is 8.80. The molecular weight excluding hydrogens is 508 g/mol. The second-order valence-corrected chi connectivity index (χ2v) is 8.80. The molecule has 40 heavy (non-hydrogen) atoms. The summed E-state index contributed by atoms with van der Waals surface area (Å²) in [5.41, 5.74) is 3.81. The molecule has 0 unspecified atom stereocenters. The molecule has 0 radical (unpaired) electrons. The Hall–Kier alpha value is -5.50. The summed E-state index contributed by atoms with van der Waals surface area (Å²) in [6, 6.07) is 27.1. The van der Waals surface area contributed by atoms with E-state index in [0.717, 1.165) is 11.1 Å². The Balaban J connectivity index is 1.36. The van der Waals surface area contributed by atoms with E-state index in [2.05, 4.69) is 15.4 Å². The van der Waals surface area contributed by atoms with Gasteiger partial charge in [0.2, 0.25) is 5.91 Å². The zero-order valence-electron chi connectivity index (χ0n) is 21.6. The van der Waals surface area contributed by atoms with Crippen LogP contribution in [0, 0.1) is 0 Å². The highest BCUT2D eigenvalue weighted by Gasteiger charge is 2.13. The molecule has 0 saturated carbocycles. The Kier molecular flexibility index (Phi) is 8.84. The molecule has 0 aliphatic rings. The fourth-order valence-corrected chi connectivity index (χ4v) is 3.89. The lowest BCUT2D eigenvalue weighted by Crippen LogP contribution is -2.15. The number of esters is 1. The van der Waals surface area contributed by atoms with Gasteiger partial charge in [0.15, 0.2) is 0 Å². The van der Waals surface area contributed by atoms with Gasteiger partial charge in [-0.3, -0.25) is 9.59 Å². The van der Waals surface area contributed by atoms with E-state index < -0.39 is 17.8 Å². The lowest BCUT2D eigenvalue weighted by Gasteiger charge is -2.10. The Bertz CT molecular complexity index is 1560. The molecule has 3 N–H and O–H groups in total. The first-order valence-electron chi connectivity index (χ1n) is 12.3. The Morgan fingerprint density at radius 3 is 2.05 bits per heavy atom. The van der Waals surface area contributed by atoms with Crippen LogP contribution in [-0.2, 0) is 16.0 Å². The molecule has 0 aliphatic carbocycles. The second kappa shape index (κ2) is 12.8. The number of rotatable bonds is 9. The van der Waals surface area contributed by atoms with E-state index in [0.29, 0.717) is 28.1 Å². The third kappa shape index (κ3) is 7.29. The van der Waals surface area contributed by atoms with Gasteiger partial charge in [0.1, 0.15) is 0 Å². The molecule has 200 valence electrons. The third-order valence-corrected chi connectivity index (χ3v) is 5.97. The molecule has 0 fully saturated rings. The number of anilines is 2. The Morgan fingerprint density at radius 1 is 0.750 bits per heavy atom. The van der Waals surface area contributed by atoms with Crippen molar-refractivity contribution in [2.45, 2.75) is 6.42 Å². The van der Waals surface area contributed by atoms with Crippen molar-refractivity contribution < 1.29 is 29.0 Å². The van der Waals surface area contributed by atoms with Crippen molar-refractivity contribution in [2.24, 2.45) is 0 Å². The number of carboxylic acid groups (broad SMARTS) is 1. The number of hydrogen-bond donors (Lipinski definition) is 3. The van der Waals surface area contributed by atoms with Gasteiger partial charge in [-0.05, 0) is 65.2 Å². The molecular formula is C32H26N2O6. The Labute approximate surface area is 230 Å². The van der Waals surface area contributed by atoms with Crippen molar-refractivity contribution in [2.75, 3.05) is 17.7 Å². The zero-order valence-corrected chi connectivity index (χ0v) is 21.6. The number of carboxylic acids is 1. The molecule has 0 aliphatic heterocycles.